The van der Waals surface area contributed by atoms with Crippen molar-refractivity contribution in [1.29, 1.82) is 0 Å². The number of rotatable bonds is 4. The van der Waals surface area contributed by atoms with Gasteiger partial charge in [-0.15, -0.1) is 11.3 Å². The fraction of sp³-hybridized carbons (Fsp3) is 0.308. The first-order valence-corrected chi connectivity index (χ1v) is 7.46. The number of nitrogens with one attached hydrogen (secondary N) is 1. The van der Waals surface area contributed by atoms with E-state index in [-0.39, 0.29) is 11.9 Å². The third-order valence-electron chi connectivity index (χ3n) is 2.89. The zero-order valence-electron chi connectivity index (χ0n) is 10.7. The van der Waals surface area contributed by atoms with Crippen LogP contribution in [0.5, 0.6) is 0 Å². The molecule has 102 valence electrons. The molecule has 0 radical (unpaired) electrons. The first-order valence-electron chi connectivity index (χ1n) is 5.85. The van der Waals surface area contributed by atoms with Gasteiger partial charge in [-0.1, -0.05) is 15.9 Å². The van der Waals surface area contributed by atoms with Crippen molar-refractivity contribution in [2.75, 3.05) is 0 Å². The van der Waals surface area contributed by atoms with Gasteiger partial charge < -0.3 is 0 Å². The number of hydrogen-bond donors (Lipinski definition) is 2. The summed E-state index contributed by atoms with van der Waals surface area (Å²) in [4.78, 5) is 5.44. The van der Waals surface area contributed by atoms with Gasteiger partial charge in [0.25, 0.3) is 0 Å². The highest BCUT2D eigenvalue weighted by molar-refractivity contribution is 9.10. The third-order valence-corrected chi connectivity index (χ3v) is 4.57. The van der Waals surface area contributed by atoms with E-state index >= 15 is 0 Å². The van der Waals surface area contributed by atoms with Crippen LogP contribution in [0.25, 0.3) is 0 Å². The topological polar surface area (TPSA) is 50.9 Å². The van der Waals surface area contributed by atoms with Gasteiger partial charge in [-0.05, 0) is 44.0 Å². The number of thiazole rings is 1. The molecule has 0 saturated carbocycles. The van der Waals surface area contributed by atoms with Gasteiger partial charge in [-0.2, -0.15) is 0 Å². The minimum Gasteiger partial charge on any atom is -0.271 e. The molecule has 0 aliphatic heterocycles. The lowest BCUT2D eigenvalue weighted by atomic mass is 10.0. The first kappa shape index (κ1) is 14.6. The van der Waals surface area contributed by atoms with Gasteiger partial charge in [0.05, 0.1) is 16.7 Å². The Morgan fingerprint density at radius 1 is 1.47 bits per heavy atom. The highest BCUT2D eigenvalue weighted by Gasteiger charge is 2.18. The summed E-state index contributed by atoms with van der Waals surface area (Å²) in [5.74, 6) is 5.39. The van der Waals surface area contributed by atoms with Crippen LogP contribution in [0, 0.1) is 19.7 Å². The van der Waals surface area contributed by atoms with Gasteiger partial charge in [0.2, 0.25) is 0 Å². The molecule has 0 aliphatic carbocycles. The van der Waals surface area contributed by atoms with Crippen LogP contribution in [-0.2, 0) is 6.42 Å². The fourth-order valence-corrected chi connectivity index (χ4v) is 3.41. The van der Waals surface area contributed by atoms with Crippen molar-refractivity contribution in [3.63, 3.8) is 0 Å². The largest absolute Gasteiger partial charge is 0.271 e. The molecule has 1 unspecified atom stereocenters. The van der Waals surface area contributed by atoms with Crippen LogP contribution >= 0.6 is 27.3 Å². The summed E-state index contributed by atoms with van der Waals surface area (Å²) in [7, 11) is 0. The summed E-state index contributed by atoms with van der Waals surface area (Å²) in [5, 5.41) is 0.988. The maximum absolute atomic E-state index is 13.8. The van der Waals surface area contributed by atoms with Crippen molar-refractivity contribution in [2.24, 2.45) is 5.84 Å². The molecule has 1 heterocycles. The van der Waals surface area contributed by atoms with E-state index in [0.717, 1.165) is 20.1 Å². The molecule has 3 nitrogen and oxygen atoms in total. The predicted octanol–water partition coefficient (Wildman–Crippen LogP) is 3.41. The maximum atomic E-state index is 13.8. The van der Waals surface area contributed by atoms with E-state index in [1.165, 1.54) is 6.07 Å². The van der Waals surface area contributed by atoms with Crippen LogP contribution in [-0.4, -0.2) is 4.98 Å². The molecule has 0 amide bonds. The van der Waals surface area contributed by atoms with Gasteiger partial charge in [0, 0.05) is 9.35 Å². The summed E-state index contributed by atoms with van der Waals surface area (Å²) in [6.07, 6.45) is 0.490. The first-order chi connectivity index (χ1) is 9.01. The molecule has 0 fully saturated rings. The van der Waals surface area contributed by atoms with E-state index in [1.54, 1.807) is 23.5 Å². The van der Waals surface area contributed by atoms with Crippen LogP contribution < -0.4 is 11.3 Å². The lowest BCUT2D eigenvalue weighted by molar-refractivity contribution is 0.532. The normalized spacial score (nSPS) is 12.7. The average molecular weight is 344 g/mol. The van der Waals surface area contributed by atoms with E-state index in [0.29, 0.717) is 12.0 Å². The Hall–Kier alpha value is -0.820. The number of nitrogens with two attached hydrogens (primary N) is 1. The van der Waals surface area contributed by atoms with E-state index in [9.17, 15) is 4.39 Å². The molecular formula is C13H15BrFN3S. The SMILES string of the molecule is Cc1nc(C)c(C(Cc2cc(Br)ccc2F)NN)s1. The molecule has 1 atom stereocenters. The molecule has 0 bridgehead atoms. The van der Waals surface area contributed by atoms with E-state index in [1.807, 2.05) is 13.8 Å². The Labute approximate surface area is 124 Å². The Morgan fingerprint density at radius 3 is 2.79 bits per heavy atom. The maximum Gasteiger partial charge on any atom is 0.126 e. The van der Waals surface area contributed by atoms with Gasteiger partial charge in [0.15, 0.2) is 0 Å². The van der Waals surface area contributed by atoms with E-state index < -0.39 is 0 Å². The smallest absolute Gasteiger partial charge is 0.126 e. The minimum absolute atomic E-state index is 0.130. The molecule has 0 spiro atoms. The molecule has 0 aliphatic rings. The highest BCUT2D eigenvalue weighted by Crippen LogP contribution is 2.28. The van der Waals surface area contributed by atoms with Crippen LogP contribution in [0.2, 0.25) is 0 Å². The molecule has 6 heteroatoms. The van der Waals surface area contributed by atoms with Gasteiger partial charge in [-0.25, -0.2) is 9.37 Å². The monoisotopic (exact) mass is 343 g/mol. The Bertz CT molecular complexity index is 585. The molecule has 1 aromatic heterocycles. The summed E-state index contributed by atoms with van der Waals surface area (Å²) in [6, 6.07) is 4.79. The minimum atomic E-state index is -0.220. The number of nitrogens with zero attached hydrogens (tertiary/aromatic N) is 1. The van der Waals surface area contributed by atoms with Crippen molar-refractivity contribution < 1.29 is 4.39 Å². The lowest BCUT2D eigenvalue weighted by Crippen LogP contribution is -2.29. The molecule has 1 aromatic carbocycles. The van der Waals surface area contributed by atoms with Gasteiger partial charge in [-0.3, -0.25) is 11.3 Å². The van der Waals surface area contributed by atoms with Crippen molar-refractivity contribution in [3.05, 3.63) is 49.6 Å². The van der Waals surface area contributed by atoms with Crippen molar-refractivity contribution >= 4 is 27.3 Å². The summed E-state index contributed by atoms with van der Waals surface area (Å²) in [6.45, 7) is 3.90. The zero-order chi connectivity index (χ0) is 14.0. The predicted molar refractivity (Wildman–Crippen MR) is 79.5 cm³/mol. The molecule has 3 N–H and O–H groups in total. The van der Waals surface area contributed by atoms with Crippen molar-refractivity contribution in [3.8, 4) is 0 Å². The fourth-order valence-electron chi connectivity index (χ4n) is 2.02. The van der Waals surface area contributed by atoms with Crippen LogP contribution in [0.3, 0.4) is 0 Å². The quantitative estimate of drug-likeness (QED) is 0.660. The second-order valence-electron chi connectivity index (χ2n) is 4.34. The number of aromatic nitrogens is 1. The molecule has 0 saturated heterocycles. The number of halogens is 2. The molecule has 2 rings (SSSR count). The summed E-state index contributed by atoms with van der Waals surface area (Å²) >= 11 is 4.94. The Morgan fingerprint density at radius 2 is 2.21 bits per heavy atom. The molecule has 19 heavy (non-hydrogen) atoms. The van der Waals surface area contributed by atoms with Crippen LogP contribution in [0.1, 0.15) is 27.2 Å². The second kappa shape index (κ2) is 6.09. The number of hydrogen-bond acceptors (Lipinski definition) is 4. The molecule has 2 aromatic rings. The number of benzene rings is 1. The van der Waals surface area contributed by atoms with E-state index in [2.05, 4.69) is 26.3 Å². The highest BCUT2D eigenvalue weighted by atomic mass is 79.9. The summed E-state index contributed by atoms with van der Waals surface area (Å²) in [5.41, 5.74) is 4.33. The van der Waals surface area contributed by atoms with Gasteiger partial charge in [0.1, 0.15) is 5.82 Å². The van der Waals surface area contributed by atoms with Crippen LogP contribution in [0.4, 0.5) is 4.39 Å². The summed E-state index contributed by atoms with van der Waals surface area (Å²) < 4.78 is 14.6. The van der Waals surface area contributed by atoms with E-state index in [4.69, 9.17) is 5.84 Å². The lowest BCUT2D eigenvalue weighted by Gasteiger charge is -2.15. The molecular weight excluding hydrogens is 329 g/mol. The number of hydrazine groups is 1. The Balaban J connectivity index is 2.29. The standard InChI is InChI=1S/C13H15BrFN3S/c1-7-13(19-8(2)17-7)12(18-16)6-9-5-10(14)3-4-11(9)15/h3-5,12,18H,6,16H2,1-2H3. The second-order valence-corrected chi connectivity index (χ2v) is 6.49. The third kappa shape index (κ3) is 3.39. The van der Waals surface area contributed by atoms with Gasteiger partial charge >= 0.3 is 0 Å². The zero-order valence-corrected chi connectivity index (χ0v) is 13.1. The van der Waals surface area contributed by atoms with Crippen molar-refractivity contribution in [1.82, 2.24) is 10.4 Å². The average Bonchev–Trinajstić information content (AvgIpc) is 2.69. The van der Waals surface area contributed by atoms with Crippen molar-refractivity contribution in [2.45, 2.75) is 26.3 Å². The van der Waals surface area contributed by atoms with Crippen LogP contribution in [0.15, 0.2) is 22.7 Å². The Kier molecular flexibility index (Phi) is 4.67. The number of aryl methyl sites for hydroxylation is 2.